The zero-order valence-electron chi connectivity index (χ0n) is 21.0. The number of aromatic nitrogens is 1. The topological polar surface area (TPSA) is 51.7 Å². The van der Waals surface area contributed by atoms with E-state index in [2.05, 4.69) is 22.0 Å². The van der Waals surface area contributed by atoms with Gasteiger partial charge in [0.05, 0.1) is 17.6 Å². The molecule has 10 heteroatoms. The van der Waals surface area contributed by atoms with Crippen LogP contribution >= 0.6 is 11.6 Å². The molecule has 3 heterocycles. The molecule has 2 fully saturated rings. The molecule has 2 atom stereocenters. The summed E-state index contributed by atoms with van der Waals surface area (Å²) in [6.45, 7) is 7.08. The van der Waals surface area contributed by atoms with Crippen LogP contribution in [0.4, 0.5) is 23.8 Å². The molecule has 2 amide bonds. The summed E-state index contributed by atoms with van der Waals surface area (Å²) in [5, 5.41) is 3.38. The SMILES string of the molecule is CCN1CCN(c2ccc(C(c3ccc(Cl)cc3)N3C(=O)NC[C@@H]3c3cccc(C(F)(F)F)c3)cn2)CC1. The van der Waals surface area contributed by atoms with Crippen LogP contribution in [-0.4, -0.2) is 60.1 Å². The van der Waals surface area contributed by atoms with Gasteiger partial charge < -0.3 is 20.0 Å². The number of likely N-dealkylation sites (N-methyl/N-ethyl adjacent to an activating group) is 1. The summed E-state index contributed by atoms with van der Waals surface area (Å²) in [5.74, 6) is 0.861. The van der Waals surface area contributed by atoms with Crippen molar-refractivity contribution in [3.63, 3.8) is 0 Å². The van der Waals surface area contributed by atoms with Crippen molar-refractivity contribution in [2.24, 2.45) is 0 Å². The summed E-state index contributed by atoms with van der Waals surface area (Å²) in [4.78, 5) is 24.2. The summed E-state index contributed by atoms with van der Waals surface area (Å²) >= 11 is 6.14. The van der Waals surface area contributed by atoms with Crippen molar-refractivity contribution >= 4 is 23.4 Å². The van der Waals surface area contributed by atoms with Gasteiger partial charge in [-0.05, 0) is 53.6 Å². The zero-order valence-corrected chi connectivity index (χ0v) is 21.7. The smallest absolute Gasteiger partial charge is 0.354 e. The first-order chi connectivity index (χ1) is 18.2. The minimum Gasteiger partial charge on any atom is -0.354 e. The van der Waals surface area contributed by atoms with E-state index < -0.39 is 23.8 Å². The van der Waals surface area contributed by atoms with Gasteiger partial charge in [0.15, 0.2) is 0 Å². The first-order valence-corrected chi connectivity index (χ1v) is 13.0. The minimum absolute atomic E-state index is 0.192. The first-order valence-electron chi connectivity index (χ1n) is 12.7. The van der Waals surface area contributed by atoms with Crippen molar-refractivity contribution < 1.29 is 18.0 Å². The molecule has 6 nitrogen and oxygen atoms in total. The van der Waals surface area contributed by atoms with E-state index in [9.17, 15) is 18.0 Å². The third-order valence-electron chi connectivity index (χ3n) is 7.31. The maximum Gasteiger partial charge on any atom is 0.416 e. The fourth-order valence-corrected chi connectivity index (χ4v) is 5.34. The Morgan fingerprint density at radius 1 is 1.03 bits per heavy atom. The van der Waals surface area contributed by atoms with Crippen molar-refractivity contribution in [1.29, 1.82) is 0 Å². The van der Waals surface area contributed by atoms with Crippen LogP contribution in [0, 0.1) is 0 Å². The molecule has 2 aromatic carbocycles. The maximum absolute atomic E-state index is 13.5. The molecule has 0 saturated carbocycles. The minimum atomic E-state index is -4.48. The normalized spacial score (nSPS) is 19.5. The van der Waals surface area contributed by atoms with Crippen LogP contribution in [0.2, 0.25) is 5.02 Å². The quantitative estimate of drug-likeness (QED) is 0.430. The van der Waals surface area contributed by atoms with Crippen LogP contribution in [0.25, 0.3) is 0 Å². The van der Waals surface area contributed by atoms with E-state index in [1.165, 1.54) is 6.07 Å². The van der Waals surface area contributed by atoms with E-state index in [-0.39, 0.29) is 12.6 Å². The number of urea groups is 1. The molecule has 0 radical (unpaired) electrons. The van der Waals surface area contributed by atoms with Gasteiger partial charge in [-0.1, -0.05) is 48.9 Å². The molecular formula is C28H29ClF3N5O. The number of hydrogen-bond acceptors (Lipinski definition) is 4. The Hall–Kier alpha value is -3.30. The fraction of sp³-hybridized carbons (Fsp3) is 0.357. The number of alkyl halides is 3. The van der Waals surface area contributed by atoms with E-state index >= 15 is 0 Å². The molecule has 0 spiro atoms. The maximum atomic E-state index is 13.5. The highest BCUT2D eigenvalue weighted by molar-refractivity contribution is 6.30. The largest absolute Gasteiger partial charge is 0.416 e. The van der Waals surface area contributed by atoms with E-state index in [1.54, 1.807) is 29.3 Å². The molecule has 0 aliphatic carbocycles. The van der Waals surface area contributed by atoms with Crippen LogP contribution in [0.15, 0.2) is 66.9 Å². The number of carbonyl (C=O) groups excluding carboxylic acids is 1. The van der Waals surface area contributed by atoms with Crippen LogP contribution in [-0.2, 0) is 6.18 Å². The average Bonchev–Trinajstić information content (AvgIpc) is 3.31. The summed E-state index contributed by atoms with van der Waals surface area (Å²) in [5.41, 5.74) is 1.22. The summed E-state index contributed by atoms with van der Waals surface area (Å²) in [6.07, 6.45) is -2.72. The fourth-order valence-electron chi connectivity index (χ4n) is 5.21. The van der Waals surface area contributed by atoms with Crippen molar-refractivity contribution in [3.8, 4) is 0 Å². The lowest BCUT2D eigenvalue weighted by atomic mass is 9.95. The zero-order chi connectivity index (χ0) is 26.9. The number of hydrogen-bond donors (Lipinski definition) is 1. The van der Waals surface area contributed by atoms with Gasteiger partial charge in [-0.2, -0.15) is 13.2 Å². The number of nitrogens with zero attached hydrogens (tertiary/aromatic N) is 4. The van der Waals surface area contributed by atoms with Gasteiger partial charge in [-0.25, -0.2) is 9.78 Å². The van der Waals surface area contributed by atoms with Crippen LogP contribution in [0.1, 0.15) is 41.3 Å². The highest BCUT2D eigenvalue weighted by Crippen LogP contribution is 2.40. The van der Waals surface area contributed by atoms with Crippen LogP contribution < -0.4 is 10.2 Å². The predicted octanol–water partition coefficient (Wildman–Crippen LogP) is 5.75. The molecule has 2 saturated heterocycles. The summed E-state index contributed by atoms with van der Waals surface area (Å²) in [6, 6.07) is 14.7. The third-order valence-corrected chi connectivity index (χ3v) is 7.56. The van der Waals surface area contributed by atoms with Gasteiger partial charge in [-0.3, -0.25) is 0 Å². The summed E-state index contributed by atoms with van der Waals surface area (Å²) in [7, 11) is 0. The Balaban J connectivity index is 1.50. The Labute approximate surface area is 225 Å². The van der Waals surface area contributed by atoms with E-state index in [4.69, 9.17) is 16.6 Å². The molecule has 0 bridgehead atoms. The van der Waals surface area contributed by atoms with Gasteiger partial charge in [0.2, 0.25) is 0 Å². The number of nitrogens with one attached hydrogen (secondary N) is 1. The standard InChI is InChI=1S/C28H29ClF3N5O/c1-2-35-12-14-36(15-13-35)25-11-8-21(17-33-25)26(19-6-9-23(29)10-7-19)37-24(18-34-27(37)38)20-4-3-5-22(16-20)28(30,31)32/h3-11,16-17,24,26H,2,12-15,18H2,1H3,(H,34,38)/t24-,26?/m1/s1. The molecule has 3 aromatic rings. The molecular weight excluding hydrogens is 515 g/mol. The van der Waals surface area contributed by atoms with Crippen LogP contribution in [0.5, 0.6) is 0 Å². The molecule has 5 rings (SSSR count). The van der Waals surface area contributed by atoms with Crippen molar-refractivity contribution in [3.05, 3.63) is 94.1 Å². The molecule has 1 aromatic heterocycles. The van der Waals surface area contributed by atoms with Gasteiger partial charge >= 0.3 is 12.2 Å². The second-order valence-corrected chi connectivity index (χ2v) is 9.99. The Bertz CT molecular complexity index is 1260. The molecule has 38 heavy (non-hydrogen) atoms. The number of benzene rings is 2. The second-order valence-electron chi connectivity index (χ2n) is 9.56. The molecule has 200 valence electrons. The highest BCUT2D eigenvalue weighted by Gasteiger charge is 2.40. The van der Waals surface area contributed by atoms with E-state index in [1.807, 2.05) is 24.3 Å². The lowest BCUT2D eigenvalue weighted by Crippen LogP contribution is -2.46. The van der Waals surface area contributed by atoms with E-state index in [0.717, 1.165) is 61.8 Å². The number of pyridine rings is 1. The monoisotopic (exact) mass is 543 g/mol. The van der Waals surface area contributed by atoms with Gasteiger partial charge in [-0.15, -0.1) is 0 Å². The Morgan fingerprint density at radius 2 is 1.74 bits per heavy atom. The highest BCUT2D eigenvalue weighted by atomic mass is 35.5. The third kappa shape index (κ3) is 5.44. The van der Waals surface area contributed by atoms with E-state index in [0.29, 0.717) is 10.6 Å². The predicted molar refractivity (Wildman–Crippen MR) is 141 cm³/mol. The summed E-state index contributed by atoms with van der Waals surface area (Å²) < 4.78 is 40.4. The van der Waals surface area contributed by atoms with Crippen LogP contribution in [0.3, 0.4) is 0 Å². The first kappa shape index (κ1) is 26.3. The van der Waals surface area contributed by atoms with Crippen molar-refractivity contribution in [1.82, 2.24) is 20.1 Å². The lowest BCUT2D eigenvalue weighted by Gasteiger charge is -2.35. The lowest BCUT2D eigenvalue weighted by molar-refractivity contribution is -0.137. The molecule has 1 unspecified atom stereocenters. The Kier molecular flexibility index (Phi) is 7.49. The van der Waals surface area contributed by atoms with Gasteiger partial charge in [0.25, 0.3) is 0 Å². The van der Waals surface area contributed by atoms with Gasteiger partial charge in [0, 0.05) is 43.9 Å². The Morgan fingerprint density at radius 3 is 2.37 bits per heavy atom. The van der Waals surface area contributed by atoms with Crippen molar-refractivity contribution in [2.45, 2.75) is 25.2 Å². The molecule has 2 aliphatic heterocycles. The average molecular weight is 544 g/mol. The van der Waals surface area contributed by atoms with Crippen molar-refractivity contribution in [2.75, 3.05) is 44.2 Å². The number of rotatable bonds is 6. The second kappa shape index (κ2) is 10.8. The molecule has 1 N–H and O–H groups in total. The number of carbonyl (C=O) groups is 1. The van der Waals surface area contributed by atoms with Gasteiger partial charge in [0.1, 0.15) is 5.82 Å². The number of halogens is 4. The number of amides is 2. The number of piperazine rings is 1. The molecule has 2 aliphatic rings. The number of anilines is 1.